The first-order valence-electron chi connectivity index (χ1n) is 10.7. The Labute approximate surface area is 182 Å². The Bertz CT molecular complexity index is 1020. The van der Waals surface area contributed by atoms with Gasteiger partial charge in [-0.05, 0) is 49.2 Å². The summed E-state index contributed by atoms with van der Waals surface area (Å²) in [5.74, 6) is 2.62. The first kappa shape index (κ1) is 21.1. The number of nitrogens with zero attached hydrogens (tertiary/aromatic N) is 1. The van der Waals surface area contributed by atoms with E-state index in [0.717, 1.165) is 35.9 Å². The maximum Gasteiger partial charge on any atom is 0.305 e. The second kappa shape index (κ2) is 9.79. The van der Waals surface area contributed by atoms with Crippen LogP contribution in [0.3, 0.4) is 0 Å². The molecule has 0 radical (unpaired) electrons. The summed E-state index contributed by atoms with van der Waals surface area (Å²) in [6.07, 6.45) is 1.09. The molecule has 4 rings (SSSR count). The van der Waals surface area contributed by atoms with Crippen LogP contribution in [0.25, 0.3) is 11.5 Å². The summed E-state index contributed by atoms with van der Waals surface area (Å²) in [4.78, 5) is 16.4. The number of methoxy groups -OCH3 is 1. The predicted molar refractivity (Wildman–Crippen MR) is 118 cm³/mol. The van der Waals surface area contributed by atoms with Crippen LogP contribution >= 0.6 is 0 Å². The fourth-order valence-corrected chi connectivity index (χ4v) is 4.10. The van der Waals surface area contributed by atoms with Crippen LogP contribution in [-0.2, 0) is 16.0 Å². The van der Waals surface area contributed by atoms with E-state index < -0.39 is 0 Å². The SMILES string of the molecule is COC(=O)C[C@@H]1CNC[C@H]1c1cccc(OCCc2nc(-c3ccccc3)oc2C)c1. The Balaban J connectivity index is 1.37. The lowest BCUT2D eigenvalue weighted by molar-refractivity contribution is -0.141. The summed E-state index contributed by atoms with van der Waals surface area (Å²) < 4.78 is 16.7. The lowest BCUT2D eigenvalue weighted by Gasteiger charge is -2.18. The van der Waals surface area contributed by atoms with E-state index in [4.69, 9.17) is 13.9 Å². The number of benzene rings is 2. The molecule has 2 aromatic carbocycles. The number of carbonyl (C=O) groups excluding carboxylic acids is 1. The Kier molecular flexibility index (Phi) is 6.67. The smallest absolute Gasteiger partial charge is 0.305 e. The van der Waals surface area contributed by atoms with Gasteiger partial charge in [0.25, 0.3) is 0 Å². The second-order valence-corrected chi connectivity index (χ2v) is 7.86. The van der Waals surface area contributed by atoms with Crippen molar-refractivity contribution in [2.45, 2.75) is 25.7 Å². The van der Waals surface area contributed by atoms with Crippen molar-refractivity contribution in [3.63, 3.8) is 0 Å². The third-order valence-electron chi connectivity index (χ3n) is 5.80. The number of carbonyl (C=O) groups is 1. The molecule has 2 atom stereocenters. The van der Waals surface area contributed by atoms with E-state index in [1.54, 1.807) is 0 Å². The van der Waals surface area contributed by atoms with Crippen molar-refractivity contribution in [3.05, 3.63) is 71.6 Å². The molecule has 6 nitrogen and oxygen atoms in total. The van der Waals surface area contributed by atoms with Crippen LogP contribution < -0.4 is 10.1 Å². The van der Waals surface area contributed by atoms with Crippen molar-refractivity contribution in [1.29, 1.82) is 0 Å². The molecule has 6 heteroatoms. The maximum atomic E-state index is 11.7. The van der Waals surface area contributed by atoms with Gasteiger partial charge in [-0.2, -0.15) is 0 Å². The molecule has 162 valence electrons. The highest BCUT2D eigenvalue weighted by Crippen LogP contribution is 2.32. The number of aryl methyl sites for hydroxylation is 1. The lowest BCUT2D eigenvalue weighted by atomic mass is 9.87. The maximum absolute atomic E-state index is 11.7. The largest absolute Gasteiger partial charge is 0.493 e. The predicted octanol–water partition coefficient (Wildman–Crippen LogP) is 4.14. The highest BCUT2D eigenvalue weighted by molar-refractivity contribution is 5.69. The summed E-state index contributed by atoms with van der Waals surface area (Å²) in [6.45, 7) is 4.12. The molecule has 0 spiro atoms. The molecule has 31 heavy (non-hydrogen) atoms. The van der Waals surface area contributed by atoms with E-state index in [0.29, 0.717) is 25.3 Å². The molecule has 0 aliphatic carbocycles. The van der Waals surface area contributed by atoms with Crippen molar-refractivity contribution < 1.29 is 18.7 Å². The van der Waals surface area contributed by atoms with Gasteiger partial charge in [-0.25, -0.2) is 4.98 Å². The zero-order valence-corrected chi connectivity index (χ0v) is 18.0. The molecular formula is C25H28N2O4. The molecule has 1 fully saturated rings. The minimum Gasteiger partial charge on any atom is -0.493 e. The molecule has 1 aromatic heterocycles. The molecule has 0 saturated carbocycles. The van der Waals surface area contributed by atoms with E-state index in [1.165, 1.54) is 12.7 Å². The molecule has 3 aromatic rings. The fourth-order valence-electron chi connectivity index (χ4n) is 4.10. The van der Waals surface area contributed by atoms with E-state index in [1.807, 2.05) is 49.4 Å². The Morgan fingerprint density at radius 1 is 1.16 bits per heavy atom. The number of hydrogen-bond donors (Lipinski definition) is 1. The number of ether oxygens (including phenoxy) is 2. The molecular weight excluding hydrogens is 392 g/mol. The molecule has 0 amide bonds. The number of esters is 1. The van der Waals surface area contributed by atoms with Gasteiger partial charge in [-0.15, -0.1) is 0 Å². The Hall–Kier alpha value is -3.12. The Morgan fingerprint density at radius 3 is 2.81 bits per heavy atom. The second-order valence-electron chi connectivity index (χ2n) is 7.86. The summed E-state index contributed by atoms with van der Waals surface area (Å²) in [5, 5.41) is 3.39. The number of hydrogen-bond acceptors (Lipinski definition) is 6. The third kappa shape index (κ3) is 5.14. The van der Waals surface area contributed by atoms with Gasteiger partial charge in [-0.3, -0.25) is 4.79 Å². The van der Waals surface area contributed by atoms with Gasteiger partial charge in [0.1, 0.15) is 11.5 Å². The number of aromatic nitrogens is 1. The van der Waals surface area contributed by atoms with Crippen LogP contribution in [0.5, 0.6) is 5.75 Å². The van der Waals surface area contributed by atoms with Crippen LogP contribution in [0.1, 0.15) is 29.4 Å². The fraction of sp³-hybridized carbons (Fsp3) is 0.360. The minimum absolute atomic E-state index is 0.163. The van der Waals surface area contributed by atoms with Crippen molar-refractivity contribution in [1.82, 2.24) is 10.3 Å². The first-order valence-corrected chi connectivity index (χ1v) is 10.7. The molecule has 1 saturated heterocycles. The summed E-state index contributed by atoms with van der Waals surface area (Å²) in [5.41, 5.74) is 3.06. The monoisotopic (exact) mass is 420 g/mol. The average molecular weight is 421 g/mol. The lowest BCUT2D eigenvalue weighted by Crippen LogP contribution is -2.16. The molecule has 2 heterocycles. The number of nitrogens with one attached hydrogen (secondary N) is 1. The summed E-state index contributed by atoms with van der Waals surface area (Å²) in [6, 6.07) is 18.0. The summed E-state index contributed by atoms with van der Waals surface area (Å²) in [7, 11) is 1.44. The van der Waals surface area contributed by atoms with Gasteiger partial charge in [0.15, 0.2) is 0 Å². The van der Waals surface area contributed by atoms with Gasteiger partial charge >= 0.3 is 5.97 Å². The topological polar surface area (TPSA) is 73.6 Å². The van der Waals surface area contributed by atoms with E-state index in [2.05, 4.69) is 22.4 Å². The first-order chi connectivity index (χ1) is 15.1. The van der Waals surface area contributed by atoms with Crippen molar-refractivity contribution >= 4 is 5.97 Å². The highest BCUT2D eigenvalue weighted by atomic mass is 16.5. The number of rotatable bonds is 8. The Morgan fingerprint density at radius 2 is 2.00 bits per heavy atom. The molecule has 0 unspecified atom stereocenters. The van der Waals surface area contributed by atoms with Crippen LogP contribution in [-0.4, -0.2) is 37.8 Å². The molecule has 0 bridgehead atoms. The van der Waals surface area contributed by atoms with Crippen LogP contribution in [0.4, 0.5) is 0 Å². The standard InChI is InChI=1S/C25H28N2O4/c1-17-23(27-25(31-17)18-7-4-3-5-8-18)11-12-30-21-10-6-9-19(13-21)22-16-26-15-20(22)14-24(28)29-2/h3-10,13,20,22,26H,11-12,14-16H2,1-2H3/t20-,22+/m1/s1. The molecule has 1 N–H and O–H groups in total. The van der Waals surface area contributed by atoms with Crippen molar-refractivity contribution in [2.75, 3.05) is 26.8 Å². The van der Waals surface area contributed by atoms with Crippen LogP contribution in [0, 0.1) is 12.8 Å². The highest BCUT2D eigenvalue weighted by Gasteiger charge is 2.30. The van der Waals surface area contributed by atoms with E-state index in [9.17, 15) is 4.79 Å². The van der Waals surface area contributed by atoms with E-state index in [-0.39, 0.29) is 17.8 Å². The zero-order chi connectivity index (χ0) is 21.6. The van der Waals surface area contributed by atoms with Gasteiger partial charge < -0.3 is 19.2 Å². The van der Waals surface area contributed by atoms with Gasteiger partial charge in [0, 0.05) is 24.4 Å². The summed E-state index contributed by atoms with van der Waals surface area (Å²) >= 11 is 0. The molecule has 1 aliphatic heterocycles. The van der Waals surface area contributed by atoms with E-state index >= 15 is 0 Å². The average Bonchev–Trinajstić information content (AvgIpc) is 3.41. The van der Waals surface area contributed by atoms with Crippen molar-refractivity contribution in [3.8, 4) is 17.2 Å². The van der Waals surface area contributed by atoms with Crippen LogP contribution in [0.15, 0.2) is 59.0 Å². The number of oxazole rings is 1. The quantitative estimate of drug-likeness (QED) is 0.552. The van der Waals surface area contributed by atoms with Crippen molar-refractivity contribution in [2.24, 2.45) is 5.92 Å². The minimum atomic E-state index is -0.163. The van der Waals surface area contributed by atoms with Gasteiger partial charge in [0.2, 0.25) is 5.89 Å². The van der Waals surface area contributed by atoms with Gasteiger partial charge in [0.05, 0.1) is 25.8 Å². The zero-order valence-electron chi connectivity index (χ0n) is 18.0. The molecule has 1 aliphatic rings. The van der Waals surface area contributed by atoms with Crippen LogP contribution in [0.2, 0.25) is 0 Å². The normalized spacial score (nSPS) is 18.1. The van der Waals surface area contributed by atoms with Gasteiger partial charge in [-0.1, -0.05) is 30.3 Å². The third-order valence-corrected chi connectivity index (χ3v) is 5.80.